The van der Waals surface area contributed by atoms with Gasteiger partial charge in [-0.25, -0.2) is 0 Å². The molecule has 94 valence electrons. The van der Waals surface area contributed by atoms with Crippen molar-refractivity contribution in [3.8, 4) is 0 Å². The van der Waals surface area contributed by atoms with Gasteiger partial charge in [0.2, 0.25) is 5.91 Å². The highest BCUT2D eigenvalue weighted by Gasteiger charge is 2.33. The van der Waals surface area contributed by atoms with E-state index >= 15 is 0 Å². The van der Waals surface area contributed by atoms with E-state index in [4.69, 9.17) is 0 Å². The molecule has 1 N–H and O–H groups in total. The molecule has 1 rings (SSSR count). The molecule has 0 spiro atoms. The number of unbranched alkanes of at least 4 members (excludes halogenated alkanes) is 1. The van der Waals surface area contributed by atoms with Gasteiger partial charge in [0.15, 0.2) is 0 Å². The molecule has 0 saturated heterocycles. The molecular weight excluding hydrogens is 200 g/mol. The third-order valence-corrected chi connectivity index (χ3v) is 3.15. The first-order valence-electron chi connectivity index (χ1n) is 6.71. The summed E-state index contributed by atoms with van der Waals surface area (Å²) in [7, 11) is 0. The lowest BCUT2D eigenvalue weighted by Crippen LogP contribution is -2.41. The average molecular weight is 226 g/mol. The third kappa shape index (κ3) is 4.12. The van der Waals surface area contributed by atoms with E-state index < -0.39 is 0 Å². The summed E-state index contributed by atoms with van der Waals surface area (Å²) in [4.78, 5) is 14.3. The Labute approximate surface area is 99.6 Å². The van der Waals surface area contributed by atoms with Crippen molar-refractivity contribution in [2.24, 2.45) is 5.92 Å². The highest BCUT2D eigenvalue weighted by atomic mass is 16.2. The van der Waals surface area contributed by atoms with Gasteiger partial charge in [-0.2, -0.15) is 0 Å². The first-order valence-corrected chi connectivity index (χ1v) is 6.71. The van der Waals surface area contributed by atoms with Gasteiger partial charge in [0.25, 0.3) is 0 Å². The summed E-state index contributed by atoms with van der Waals surface area (Å²) in [6.45, 7) is 8.99. The maximum Gasteiger partial charge on any atom is 0.226 e. The van der Waals surface area contributed by atoms with Crippen molar-refractivity contribution in [1.82, 2.24) is 10.2 Å². The van der Waals surface area contributed by atoms with E-state index in [9.17, 15) is 4.79 Å². The van der Waals surface area contributed by atoms with Crippen LogP contribution < -0.4 is 5.32 Å². The van der Waals surface area contributed by atoms with Crippen LogP contribution in [0.25, 0.3) is 0 Å². The van der Waals surface area contributed by atoms with Crippen LogP contribution in [-0.2, 0) is 4.79 Å². The molecule has 1 aliphatic carbocycles. The number of rotatable bonds is 8. The van der Waals surface area contributed by atoms with Gasteiger partial charge >= 0.3 is 0 Å². The highest BCUT2D eigenvalue weighted by Crippen LogP contribution is 2.28. The van der Waals surface area contributed by atoms with Crippen molar-refractivity contribution in [2.75, 3.05) is 19.6 Å². The van der Waals surface area contributed by atoms with Crippen LogP contribution in [0.15, 0.2) is 0 Å². The summed E-state index contributed by atoms with van der Waals surface area (Å²) in [5.74, 6) is 0.467. The van der Waals surface area contributed by atoms with Gasteiger partial charge < -0.3 is 10.2 Å². The van der Waals surface area contributed by atoms with Crippen LogP contribution in [0.1, 0.15) is 46.5 Å². The van der Waals surface area contributed by atoms with E-state index in [1.165, 1.54) is 12.8 Å². The Morgan fingerprint density at radius 3 is 2.62 bits per heavy atom. The van der Waals surface area contributed by atoms with E-state index in [0.717, 1.165) is 32.5 Å². The van der Waals surface area contributed by atoms with Gasteiger partial charge in [-0.1, -0.05) is 27.2 Å². The standard InChI is InChI=1S/C13H26N2O/c1-4-6-9-15(12-7-8-12)13(16)11(3)10-14-5-2/h11-12,14H,4-10H2,1-3H3. The molecule has 1 saturated carbocycles. The number of carbonyl (C=O) groups is 1. The van der Waals surface area contributed by atoms with E-state index in [-0.39, 0.29) is 5.92 Å². The minimum Gasteiger partial charge on any atom is -0.339 e. The Morgan fingerprint density at radius 1 is 1.44 bits per heavy atom. The maximum absolute atomic E-state index is 12.2. The van der Waals surface area contributed by atoms with Gasteiger partial charge in [0.1, 0.15) is 0 Å². The molecule has 1 aliphatic rings. The summed E-state index contributed by atoms with van der Waals surface area (Å²) in [6, 6.07) is 0.558. The second-order valence-electron chi connectivity index (χ2n) is 4.83. The predicted octanol–water partition coefficient (Wildman–Crippen LogP) is 2.02. The van der Waals surface area contributed by atoms with Crippen molar-refractivity contribution in [1.29, 1.82) is 0 Å². The summed E-state index contributed by atoms with van der Waals surface area (Å²) in [5, 5.41) is 3.25. The van der Waals surface area contributed by atoms with Crippen molar-refractivity contribution in [2.45, 2.75) is 52.5 Å². The molecule has 3 heteroatoms. The zero-order chi connectivity index (χ0) is 12.0. The molecular formula is C13H26N2O. The normalized spacial score (nSPS) is 17.2. The lowest BCUT2D eigenvalue weighted by atomic mass is 10.1. The third-order valence-electron chi connectivity index (χ3n) is 3.15. The largest absolute Gasteiger partial charge is 0.339 e. The Hall–Kier alpha value is -0.570. The van der Waals surface area contributed by atoms with Gasteiger partial charge in [0, 0.05) is 25.0 Å². The number of hydrogen-bond acceptors (Lipinski definition) is 2. The zero-order valence-electron chi connectivity index (χ0n) is 11.0. The minimum atomic E-state index is 0.123. The van der Waals surface area contributed by atoms with Crippen LogP contribution >= 0.6 is 0 Å². The van der Waals surface area contributed by atoms with E-state index in [0.29, 0.717) is 11.9 Å². The summed E-state index contributed by atoms with van der Waals surface area (Å²) < 4.78 is 0. The van der Waals surface area contributed by atoms with Crippen LogP contribution in [0.4, 0.5) is 0 Å². The minimum absolute atomic E-state index is 0.123. The second-order valence-corrected chi connectivity index (χ2v) is 4.83. The SMILES string of the molecule is CCCCN(C(=O)C(C)CNCC)C1CC1. The summed E-state index contributed by atoms with van der Waals surface area (Å²) in [6.07, 6.45) is 4.72. The van der Waals surface area contributed by atoms with Crippen molar-refractivity contribution in [3.63, 3.8) is 0 Å². The Bertz CT molecular complexity index is 214. The van der Waals surface area contributed by atoms with Crippen molar-refractivity contribution >= 4 is 5.91 Å². The Kier molecular flexibility index (Phi) is 5.81. The average Bonchev–Trinajstić information content (AvgIpc) is 3.10. The highest BCUT2D eigenvalue weighted by molar-refractivity contribution is 5.79. The van der Waals surface area contributed by atoms with E-state index in [1.807, 2.05) is 6.92 Å². The fourth-order valence-corrected chi connectivity index (χ4v) is 1.92. The molecule has 0 bridgehead atoms. The molecule has 3 nitrogen and oxygen atoms in total. The first-order chi connectivity index (χ1) is 7.70. The molecule has 0 radical (unpaired) electrons. The van der Waals surface area contributed by atoms with Gasteiger partial charge in [-0.15, -0.1) is 0 Å². The quantitative estimate of drug-likeness (QED) is 0.687. The molecule has 1 unspecified atom stereocenters. The molecule has 1 fully saturated rings. The number of nitrogens with zero attached hydrogens (tertiary/aromatic N) is 1. The van der Waals surface area contributed by atoms with E-state index in [2.05, 4.69) is 24.1 Å². The van der Waals surface area contributed by atoms with Crippen molar-refractivity contribution < 1.29 is 4.79 Å². The van der Waals surface area contributed by atoms with Crippen LogP contribution in [0.3, 0.4) is 0 Å². The van der Waals surface area contributed by atoms with Crippen LogP contribution in [-0.4, -0.2) is 36.5 Å². The van der Waals surface area contributed by atoms with Gasteiger partial charge in [0.05, 0.1) is 0 Å². The fraction of sp³-hybridized carbons (Fsp3) is 0.923. The zero-order valence-corrected chi connectivity index (χ0v) is 11.0. The van der Waals surface area contributed by atoms with Gasteiger partial charge in [-0.3, -0.25) is 4.79 Å². The molecule has 0 aliphatic heterocycles. The fourth-order valence-electron chi connectivity index (χ4n) is 1.92. The maximum atomic E-state index is 12.2. The topological polar surface area (TPSA) is 32.3 Å². The molecule has 0 aromatic heterocycles. The molecule has 0 heterocycles. The Morgan fingerprint density at radius 2 is 2.12 bits per heavy atom. The monoisotopic (exact) mass is 226 g/mol. The summed E-state index contributed by atoms with van der Waals surface area (Å²) >= 11 is 0. The lowest BCUT2D eigenvalue weighted by Gasteiger charge is -2.25. The molecule has 0 aromatic rings. The molecule has 16 heavy (non-hydrogen) atoms. The smallest absolute Gasteiger partial charge is 0.226 e. The van der Waals surface area contributed by atoms with Crippen molar-refractivity contribution in [3.05, 3.63) is 0 Å². The van der Waals surface area contributed by atoms with Crippen LogP contribution in [0.5, 0.6) is 0 Å². The number of amides is 1. The van der Waals surface area contributed by atoms with Gasteiger partial charge in [-0.05, 0) is 25.8 Å². The molecule has 1 amide bonds. The number of nitrogens with one attached hydrogen (secondary N) is 1. The van der Waals surface area contributed by atoms with E-state index in [1.54, 1.807) is 0 Å². The second kappa shape index (κ2) is 6.89. The lowest BCUT2D eigenvalue weighted by molar-refractivity contribution is -0.135. The van der Waals surface area contributed by atoms with Crippen LogP contribution in [0.2, 0.25) is 0 Å². The molecule has 0 aromatic carbocycles. The first kappa shape index (κ1) is 13.5. The predicted molar refractivity (Wildman–Crippen MR) is 67.4 cm³/mol. The Balaban J connectivity index is 2.39. The summed E-state index contributed by atoms with van der Waals surface area (Å²) in [5.41, 5.74) is 0. The number of hydrogen-bond donors (Lipinski definition) is 1. The number of carbonyl (C=O) groups excluding carboxylic acids is 1. The van der Waals surface area contributed by atoms with Crippen LogP contribution in [0, 0.1) is 5.92 Å². The molecule has 1 atom stereocenters.